The van der Waals surface area contributed by atoms with Gasteiger partial charge in [-0.3, -0.25) is 0 Å². The van der Waals surface area contributed by atoms with Crippen LogP contribution in [0.4, 0.5) is 0 Å². The fourth-order valence-corrected chi connectivity index (χ4v) is 7.85. The number of fused-ring (bicyclic) bond motifs is 1. The highest BCUT2D eigenvalue weighted by molar-refractivity contribution is 5.16. The van der Waals surface area contributed by atoms with E-state index in [0.717, 1.165) is 22.3 Å². The lowest BCUT2D eigenvalue weighted by molar-refractivity contribution is -0.345. The van der Waals surface area contributed by atoms with Gasteiger partial charge in [-0.05, 0) is 49.9 Å². The summed E-state index contributed by atoms with van der Waals surface area (Å²) in [5.41, 5.74) is 4.06. The summed E-state index contributed by atoms with van der Waals surface area (Å²) in [5, 5.41) is 0. The van der Waals surface area contributed by atoms with Crippen molar-refractivity contribution < 1.29 is 52.1 Å². The normalized spacial score (nSPS) is 31.6. The predicted molar refractivity (Wildman–Crippen MR) is 208 cm³/mol. The summed E-state index contributed by atoms with van der Waals surface area (Å²) < 4.78 is 72.8. The Kier molecular flexibility index (Phi) is 12.8. The first-order chi connectivity index (χ1) is 27.7. The molecule has 0 spiro atoms. The Balaban J connectivity index is 1.14. The minimum atomic E-state index is -0.978. The third-order valence-corrected chi connectivity index (χ3v) is 10.6. The van der Waals surface area contributed by atoms with Gasteiger partial charge in [0, 0.05) is 0 Å². The SMILES string of the molecule is CC1(C)OC[C@H]([C@H]2OC3OC(C)(C)O[C@@H]3[C@H]2O[C@@H]2O[C@H](COCc3ccccc3)[C@@H](OCc3ccccc3)[C@H](OCc3ccccc3)[C@H]2OCc2ccccc2)O1. The van der Waals surface area contributed by atoms with Crippen LogP contribution in [0, 0.1) is 0 Å². The molecule has 0 bridgehead atoms. The van der Waals surface area contributed by atoms with Crippen LogP contribution >= 0.6 is 0 Å². The lowest BCUT2D eigenvalue weighted by Crippen LogP contribution is -2.63. The van der Waals surface area contributed by atoms with Gasteiger partial charge >= 0.3 is 0 Å². The molecule has 1 unspecified atom stereocenters. The highest BCUT2D eigenvalue weighted by Crippen LogP contribution is 2.44. The van der Waals surface area contributed by atoms with Crippen LogP contribution in [0.15, 0.2) is 121 Å². The Labute approximate surface area is 335 Å². The molecule has 304 valence electrons. The van der Waals surface area contributed by atoms with E-state index in [1.807, 2.05) is 149 Å². The molecule has 4 aromatic rings. The van der Waals surface area contributed by atoms with Crippen molar-refractivity contribution in [1.29, 1.82) is 0 Å². The van der Waals surface area contributed by atoms with Gasteiger partial charge in [0.2, 0.25) is 0 Å². The van der Waals surface area contributed by atoms with Crippen molar-refractivity contribution >= 4 is 0 Å². The topological polar surface area (TPSA) is 102 Å². The maximum Gasteiger partial charge on any atom is 0.190 e. The molecule has 11 nitrogen and oxygen atoms in total. The molecule has 0 radical (unpaired) electrons. The van der Waals surface area contributed by atoms with Crippen LogP contribution in [0.25, 0.3) is 0 Å². The van der Waals surface area contributed by atoms with E-state index in [1.54, 1.807) is 0 Å². The fraction of sp³-hybridized carbons (Fsp3) is 0.478. The second-order valence-corrected chi connectivity index (χ2v) is 15.9. The van der Waals surface area contributed by atoms with Gasteiger partial charge in [-0.15, -0.1) is 0 Å². The van der Waals surface area contributed by atoms with E-state index in [1.165, 1.54) is 0 Å². The Morgan fingerprint density at radius 1 is 0.509 bits per heavy atom. The number of ether oxygens (including phenoxy) is 11. The number of benzene rings is 4. The summed E-state index contributed by atoms with van der Waals surface area (Å²) in [6.07, 6.45) is -6.67. The quantitative estimate of drug-likeness (QED) is 0.116. The average molecular weight is 783 g/mol. The molecule has 0 aromatic heterocycles. The van der Waals surface area contributed by atoms with Gasteiger partial charge in [-0.25, -0.2) is 0 Å². The van der Waals surface area contributed by atoms with E-state index >= 15 is 0 Å². The zero-order chi connectivity index (χ0) is 39.2. The second-order valence-electron chi connectivity index (χ2n) is 15.9. The van der Waals surface area contributed by atoms with Crippen molar-refractivity contribution in [2.24, 2.45) is 0 Å². The summed E-state index contributed by atoms with van der Waals surface area (Å²) in [4.78, 5) is 0. The number of hydrogen-bond donors (Lipinski definition) is 0. The molecular formula is C46H54O11. The van der Waals surface area contributed by atoms with Crippen molar-refractivity contribution in [3.05, 3.63) is 144 Å². The van der Waals surface area contributed by atoms with E-state index in [-0.39, 0.29) is 13.2 Å². The third-order valence-electron chi connectivity index (χ3n) is 10.6. The van der Waals surface area contributed by atoms with Gasteiger partial charge in [0.05, 0.1) is 39.6 Å². The van der Waals surface area contributed by atoms with Gasteiger partial charge in [-0.1, -0.05) is 121 Å². The van der Waals surface area contributed by atoms with E-state index in [0.29, 0.717) is 26.4 Å². The Bertz CT molecular complexity index is 1810. The lowest BCUT2D eigenvalue weighted by atomic mass is 9.97. The van der Waals surface area contributed by atoms with Gasteiger partial charge < -0.3 is 52.1 Å². The van der Waals surface area contributed by atoms with Gasteiger partial charge in [0.1, 0.15) is 48.8 Å². The summed E-state index contributed by atoms with van der Waals surface area (Å²) in [5.74, 6) is -1.68. The Hall–Kier alpha value is -3.56. The van der Waals surface area contributed by atoms with E-state index in [2.05, 4.69) is 0 Å². The molecule has 4 aliphatic heterocycles. The molecule has 0 aliphatic carbocycles. The highest BCUT2D eigenvalue weighted by atomic mass is 16.9. The number of hydrogen-bond acceptors (Lipinski definition) is 11. The van der Waals surface area contributed by atoms with Crippen molar-refractivity contribution in [3.63, 3.8) is 0 Å². The minimum absolute atomic E-state index is 0.196. The van der Waals surface area contributed by atoms with Crippen molar-refractivity contribution in [1.82, 2.24) is 0 Å². The van der Waals surface area contributed by atoms with Crippen LogP contribution in [0.1, 0.15) is 49.9 Å². The van der Waals surface area contributed by atoms with Crippen LogP contribution in [0.2, 0.25) is 0 Å². The van der Waals surface area contributed by atoms with Crippen LogP contribution < -0.4 is 0 Å². The first kappa shape index (κ1) is 40.2. The van der Waals surface area contributed by atoms with Crippen LogP contribution in [-0.2, 0) is 78.5 Å². The second kappa shape index (κ2) is 18.1. The monoisotopic (exact) mass is 782 g/mol. The molecule has 4 aromatic carbocycles. The molecule has 0 N–H and O–H groups in total. The molecule has 4 fully saturated rings. The molecular weight excluding hydrogens is 728 g/mol. The molecule has 0 saturated carbocycles. The molecule has 57 heavy (non-hydrogen) atoms. The van der Waals surface area contributed by atoms with Crippen molar-refractivity contribution in [2.75, 3.05) is 13.2 Å². The zero-order valence-corrected chi connectivity index (χ0v) is 33.1. The van der Waals surface area contributed by atoms with Gasteiger partial charge in [-0.2, -0.15) is 0 Å². The number of rotatable bonds is 16. The van der Waals surface area contributed by atoms with E-state index in [4.69, 9.17) is 52.1 Å². The maximum atomic E-state index is 7.14. The summed E-state index contributed by atoms with van der Waals surface area (Å²) >= 11 is 0. The van der Waals surface area contributed by atoms with Crippen molar-refractivity contribution in [3.8, 4) is 0 Å². The molecule has 11 heteroatoms. The Morgan fingerprint density at radius 2 is 1.02 bits per heavy atom. The first-order valence-electron chi connectivity index (χ1n) is 19.9. The molecule has 0 amide bonds. The minimum Gasteiger partial charge on any atom is -0.374 e. The zero-order valence-electron chi connectivity index (χ0n) is 33.1. The highest BCUT2D eigenvalue weighted by Gasteiger charge is 2.61. The standard InChI is InChI=1S/C46H54O11/c1-45(2)51-30-36(55-45)38-40(42-44(53-38)57-46(3,4)56-42)54-43-41(50-28-34-23-15-8-16-24-34)39(49-27-33-21-13-7-14-22-33)37(48-26-32-19-11-6-12-20-32)35(52-43)29-47-25-31-17-9-5-10-18-31/h5-24,35-44H,25-30H2,1-4H3/t35-,36-,37-,38-,39+,40+,41-,42-,43+,44?/m1/s1. The fourth-order valence-electron chi connectivity index (χ4n) is 7.85. The summed E-state index contributed by atoms with van der Waals surface area (Å²) in [7, 11) is 0. The Morgan fingerprint density at radius 3 is 1.54 bits per heavy atom. The molecule has 10 atom stereocenters. The molecule has 4 aliphatic rings. The smallest absolute Gasteiger partial charge is 0.190 e. The maximum absolute atomic E-state index is 7.14. The summed E-state index contributed by atoms with van der Waals surface area (Å²) in [6.45, 7) is 9.30. The first-order valence-corrected chi connectivity index (χ1v) is 19.9. The largest absolute Gasteiger partial charge is 0.374 e. The van der Waals surface area contributed by atoms with E-state index in [9.17, 15) is 0 Å². The third kappa shape index (κ3) is 10.2. The molecule has 8 rings (SSSR count). The van der Waals surface area contributed by atoms with E-state index < -0.39 is 73.0 Å². The van der Waals surface area contributed by atoms with Crippen LogP contribution in [0.3, 0.4) is 0 Å². The van der Waals surface area contributed by atoms with Crippen molar-refractivity contribution in [2.45, 2.75) is 127 Å². The predicted octanol–water partition coefficient (Wildman–Crippen LogP) is 7.10. The molecule has 4 heterocycles. The van der Waals surface area contributed by atoms with Gasteiger partial charge in [0.15, 0.2) is 24.2 Å². The van der Waals surface area contributed by atoms with Gasteiger partial charge in [0.25, 0.3) is 0 Å². The lowest BCUT2D eigenvalue weighted by Gasteiger charge is -2.47. The summed E-state index contributed by atoms with van der Waals surface area (Å²) in [6, 6.07) is 40.2. The van der Waals surface area contributed by atoms with Crippen LogP contribution in [-0.4, -0.2) is 86.2 Å². The molecule has 4 saturated heterocycles. The van der Waals surface area contributed by atoms with Crippen LogP contribution in [0.5, 0.6) is 0 Å². The average Bonchev–Trinajstić information content (AvgIpc) is 3.85.